The molecule has 0 atom stereocenters. The first-order valence-electron chi connectivity index (χ1n) is 7.31. The fourth-order valence-corrected chi connectivity index (χ4v) is 2.42. The summed E-state index contributed by atoms with van der Waals surface area (Å²) in [7, 11) is 0. The first-order valence-corrected chi connectivity index (χ1v) is 7.31. The molecule has 2 rings (SSSR count). The van der Waals surface area contributed by atoms with Crippen LogP contribution in [0.2, 0.25) is 0 Å². The summed E-state index contributed by atoms with van der Waals surface area (Å²) in [4.78, 5) is 14.3. The molecule has 0 saturated carbocycles. The predicted octanol–water partition coefficient (Wildman–Crippen LogP) is 2.69. The number of rotatable bonds is 5. The summed E-state index contributed by atoms with van der Waals surface area (Å²) in [5.41, 5.74) is 1.98. The molecule has 0 unspecified atom stereocenters. The van der Waals surface area contributed by atoms with E-state index in [0.717, 1.165) is 39.0 Å². The number of nitrogens with one attached hydrogen (secondary N) is 1. The van der Waals surface area contributed by atoms with Crippen molar-refractivity contribution in [2.75, 3.05) is 26.2 Å². The zero-order chi connectivity index (χ0) is 14.4. The topological polar surface area (TPSA) is 45.5 Å². The van der Waals surface area contributed by atoms with E-state index in [9.17, 15) is 4.79 Å². The number of carbonyl (C=O) groups is 1. The molecule has 0 aliphatic carbocycles. The van der Waals surface area contributed by atoms with Crippen LogP contribution < -0.4 is 5.32 Å². The summed E-state index contributed by atoms with van der Waals surface area (Å²) in [6.07, 6.45) is 7.60. The molecule has 1 aromatic heterocycles. The standard InChI is InChI=1S/C16H24N2O2/c1-13(2)3-7-18-8-4-14(5-9-18)11-17-16(19)15-6-10-20-12-15/h3,6,10,12,14H,4-5,7-9,11H2,1-2H3,(H,17,19). The average molecular weight is 276 g/mol. The van der Waals surface area contributed by atoms with Crippen LogP contribution in [0.4, 0.5) is 0 Å². The highest BCUT2D eigenvalue weighted by atomic mass is 16.3. The van der Waals surface area contributed by atoms with E-state index in [1.807, 2.05) is 0 Å². The van der Waals surface area contributed by atoms with Gasteiger partial charge in [-0.05, 0) is 51.8 Å². The number of hydrogen-bond donors (Lipinski definition) is 1. The van der Waals surface area contributed by atoms with Gasteiger partial charge in [0.2, 0.25) is 0 Å². The molecule has 0 bridgehead atoms. The van der Waals surface area contributed by atoms with Crippen molar-refractivity contribution in [3.05, 3.63) is 35.8 Å². The zero-order valence-corrected chi connectivity index (χ0v) is 12.4. The molecule has 4 heteroatoms. The predicted molar refractivity (Wildman–Crippen MR) is 79.6 cm³/mol. The summed E-state index contributed by atoms with van der Waals surface area (Å²) in [5.74, 6) is 0.555. The highest BCUT2D eigenvalue weighted by Gasteiger charge is 2.19. The molecule has 110 valence electrons. The maximum atomic E-state index is 11.8. The molecule has 20 heavy (non-hydrogen) atoms. The lowest BCUT2D eigenvalue weighted by Crippen LogP contribution is -2.38. The molecule has 0 spiro atoms. The van der Waals surface area contributed by atoms with Gasteiger partial charge in [-0.3, -0.25) is 9.69 Å². The Labute approximate surface area is 120 Å². The van der Waals surface area contributed by atoms with E-state index in [4.69, 9.17) is 4.42 Å². The maximum absolute atomic E-state index is 11.8. The Morgan fingerprint density at radius 1 is 1.45 bits per heavy atom. The van der Waals surface area contributed by atoms with Crippen LogP contribution in [0.15, 0.2) is 34.7 Å². The third-order valence-corrected chi connectivity index (χ3v) is 3.80. The molecule has 1 N–H and O–H groups in total. The monoisotopic (exact) mass is 276 g/mol. The molecule has 2 heterocycles. The first kappa shape index (κ1) is 14.9. The fourth-order valence-electron chi connectivity index (χ4n) is 2.42. The Bertz CT molecular complexity index is 439. The number of likely N-dealkylation sites (tertiary alicyclic amines) is 1. The summed E-state index contributed by atoms with van der Waals surface area (Å²) in [5, 5.41) is 2.99. The number of nitrogens with zero attached hydrogens (tertiary/aromatic N) is 1. The largest absolute Gasteiger partial charge is 0.472 e. The third kappa shape index (κ3) is 4.53. The number of piperidine rings is 1. The van der Waals surface area contributed by atoms with Crippen molar-refractivity contribution < 1.29 is 9.21 Å². The van der Waals surface area contributed by atoms with E-state index in [0.29, 0.717) is 11.5 Å². The molecule has 1 aliphatic rings. The molecule has 0 radical (unpaired) electrons. The van der Waals surface area contributed by atoms with Gasteiger partial charge in [-0.1, -0.05) is 11.6 Å². The Kier molecular flexibility index (Phi) is 5.41. The summed E-state index contributed by atoms with van der Waals surface area (Å²) < 4.78 is 4.91. The molecule has 1 fully saturated rings. The smallest absolute Gasteiger partial charge is 0.254 e. The second-order valence-electron chi connectivity index (χ2n) is 5.75. The van der Waals surface area contributed by atoms with E-state index in [1.54, 1.807) is 6.07 Å². The fraction of sp³-hybridized carbons (Fsp3) is 0.562. The second-order valence-corrected chi connectivity index (χ2v) is 5.75. The highest BCUT2D eigenvalue weighted by molar-refractivity contribution is 5.93. The Morgan fingerprint density at radius 3 is 2.80 bits per heavy atom. The van der Waals surface area contributed by atoms with Gasteiger partial charge in [0.1, 0.15) is 6.26 Å². The van der Waals surface area contributed by atoms with E-state index in [2.05, 4.69) is 30.1 Å². The molecule has 4 nitrogen and oxygen atoms in total. The summed E-state index contributed by atoms with van der Waals surface area (Å²) >= 11 is 0. The van der Waals surface area contributed by atoms with E-state index in [1.165, 1.54) is 18.1 Å². The van der Waals surface area contributed by atoms with E-state index in [-0.39, 0.29) is 5.91 Å². The summed E-state index contributed by atoms with van der Waals surface area (Å²) in [6.45, 7) is 8.33. The van der Waals surface area contributed by atoms with Gasteiger partial charge in [-0.2, -0.15) is 0 Å². The van der Waals surface area contributed by atoms with Crippen LogP contribution in [-0.4, -0.2) is 37.0 Å². The molecule has 1 aliphatic heterocycles. The lowest BCUT2D eigenvalue weighted by Gasteiger charge is -2.31. The lowest BCUT2D eigenvalue weighted by atomic mass is 9.96. The van der Waals surface area contributed by atoms with Crippen molar-refractivity contribution in [2.45, 2.75) is 26.7 Å². The lowest BCUT2D eigenvalue weighted by molar-refractivity contribution is 0.0937. The quantitative estimate of drug-likeness (QED) is 0.841. The minimum absolute atomic E-state index is 0.0364. The molecule has 1 amide bonds. The van der Waals surface area contributed by atoms with Crippen LogP contribution >= 0.6 is 0 Å². The Balaban J connectivity index is 1.67. The van der Waals surface area contributed by atoms with Crippen molar-refractivity contribution in [3.8, 4) is 0 Å². The van der Waals surface area contributed by atoms with Crippen molar-refractivity contribution in [2.24, 2.45) is 5.92 Å². The normalized spacial score (nSPS) is 16.9. The number of hydrogen-bond acceptors (Lipinski definition) is 3. The second kappa shape index (κ2) is 7.29. The van der Waals surface area contributed by atoms with Crippen LogP contribution in [0.1, 0.15) is 37.0 Å². The van der Waals surface area contributed by atoms with Gasteiger partial charge < -0.3 is 9.73 Å². The molecule has 1 aromatic rings. The van der Waals surface area contributed by atoms with Crippen molar-refractivity contribution in [1.29, 1.82) is 0 Å². The van der Waals surface area contributed by atoms with Gasteiger partial charge in [-0.15, -0.1) is 0 Å². The zero-order valence-electron chi connectivity index (χ0n) is 12.4. The van der Waals surface area contributed by atoms with Gasteiger partial charge in [0.15, 0.2) is 0 Å². The highest BCUT2D eigenvalue weighted by Crippen LogP contribution is 2.16. The number of carbonyl (C=O) groups excluding carboxylic acids is 1. The molecule has 0 aromatic carbocycles. The number of allylic oxidation sites excluding steroid dienone is 1. The van der Waals surface area contributed by atoms with Crippen LogP contribution in [0.3, 0.4) is 0 Å². The summed E-state index contributed by atoms with van der Waals surface area (Å²) in [6, 6.07) is 1.69. The van der Waals surface area contributed by atoms with Gasteiger partial charge in [0.05, 0.1) is 11.8 Å². The van der Waals surface area contributed by atoms with E-state index < -0.39 is 0 Å². The SMILES string of the molecule is CC(C)=CCN1CCC(CNC(=O)c2ccoc2)CC1. The average Bonchev–Trinajstić information content (AvgIpc) is 2.98. The first-order chi connectivity index (χ1) is 9.65. The van der Waals surface area contributed by atoms with Crippen LogP contribution in [0.5, 0.6) is 0 Å². The van der Waals surface area contributed by atoms with Crippen LogP contribution in [0, 0.1) is 5.92 Å². The van der Waals surface area contributed by atoms with E-state index >= 15 is 0 Å². The molecular weight excluding hydrogens is 252 g/mol. The van der Waals surface area contributed by atoms with Crippen molar-refractivity contribution in [3.63, 3.8) is 0 Å². The van der Waals surface area contributed by atoms with Crippen LogP contribution in [0.25, 0.3) is 0 Å². The van der Waals surface area contributed by atoms with Crippen LogP contribution in [-0.2, 0) is 0 Å². The number of amides is 1. The van der Waals surface area contributed by atoms with Crippen molar-refractivity contribution >= 4 is 5.91 Å². The number of furan rings is 1. The molecular formula is C16H24N2O2. The van der Waals surface area contributed by atoms with Gasteiger partial charge in [0.25, 0.3) is 5.91 Å². The minimum Gasteiger partial charge on any atom is -0.472 e. The molecule has 1 saturated heterocycles. The Hall–Kier alpha value is -1.55. The van der Waals surface area contributed by atoms with Gasteiger partial charge in [0, 0.05) is 13.1 Å². The maximum Gasteiger partial charge on any atom is 0.254 e. The third-order valence-electron chi connectivity index (χ3n) is 3.80. The minimum atomic E-state index is -0.0364. The van der Waals surface area contributed by atoms with Gasteiger partial charge >= 0.3 is 0 Å². The van der Waals surface area contributed by atoms with Crippen molar-refractivity contribution in [1.82, 2.24) is 10.2 Å². The van der Waals surface area contributed by atoms with Gasteiger partial charge in [-0.25, -0.2) is 0 Å². The Morgan fingerprint density at radius 2 is 2.20 bits per heavy atom.